The molecule has 0 heterocycles. The molecule has 0 saturated heterocycles. The van der Waals surface area contributed by atoms with Gasteiger partial charge in [0.05, 0.1) is 12.1 Å². The summed E-state index contributed by atoms with van der Waals surface area (Å²) in [6, 6.07) is 4.76. The number of esters is 1. The number of ether oxygens (including phenoxy) is 1. The molecular weight excluding hydrogens is 444 g/mol. The van der Waals surface area contributed by atoms with Gasteiger partial charge < -0.3 is 4.74 Å². The van der Waals surface area contributed by atoms with Gasteiger partial charge in [0, 0.05) is 19.3 Å². The molecule has 0 aromatic carbocycles. The quantitative estimate of drug-likeness (QED) is 0.268. The van der Waals surface area contributed by atoms with E-state index in [4.69, 9.17) is 4.74 Å². The average Bonchev–Trinajstić information content (AvgIpc) is 3.17. The predicted molar refractivity (Wildman–Crippen MR) is 142 cm³/mol. The molecule has 0 spiro atoms. The van der Waals surface area contributed by atoms with Crippen LogP contribution < -0.4 is 0 Å². The minimum Gasteiger partial charge on any atom is -0.462 e. The van der Waals surface area contributed by atoms with Gasteiger partial charge in [-0.3, -0.25) is 4.79 Å². The Morgan fingerprint density at radius 3 is 2.42 bits per heavy atom. The highest BCUT2D eigenvalue weighted by Gasteiger charge is 2.62. The van der Waals surface area contributed by atoms with Crippen molar-refractivity contribution < 1.29 is 9.53 Å². The van der Waals surface area contributed by atoms with E-state index in [9.17, 15) is 15.3 Å². The average molecular weight is 493 g/mol. The summed E-state index contributed by atoms with van der Waals surface area (Å²) in [4.78, 5) is 11.7. The highest BCUT2D eigenvalue weighted by atomic mass is 16.5. The van der Waals surface area contributed by atoms with Crippen LogP contribution in [0.5, 0.6) is 0 Å². The van der Waals surface area contributed by atoms with Crippen molar-refractivity contribution in [3.63, 3.8) is 0 Å². The molecule has 4 aliphatic rings. The number of carbonyl (C=O) groups excluding carboxylic acids is 1. The van der Waals surface area contributed by atoms with Gasteiger partial charge in [0.1, 0.15) is 12.0 Å². The van der Waals surface area contributed by atoms with Crippen molar-refractivity contribution in [2.45, 2.75) is 112 Å². The zero-order valence-electron chi connectivity index (χ0n) is 23.6. The van der Waals surface area contributed by atoms with Gasteiger partial charge in [-0.15, -0.1) is 0 Å². The van der Waals surface area contributed by atoms with Crippen molar-refractivity contribution in [2.24, 2.45) is 58.2 Å². The summed E-state index contributed by atoms with van der Waals surface area (Å²) in [7, 11) is 0. The molecule has 0 bridgehead atoms. The number of fused-ring (bicyclic) bond motifs is 5. The maximum Gasteiger partial charge on any atom is 0.302 e. The van der Waals surface area contributed by atoms with E-state index in [1.54, 1.807) is 0 Å². The van der Waals surface area contributed by atoms with Gasteiger partial charge in [-0.2, -0.15) is 10.5 Å². The number of rotatable bonds is 7. The van der Waals surface area contributed by atoms with E-state index in [1.807, 2.05) is 0 Å². The van der Waals surface area contributed by atoms with Crippen LogP contribution >= 0.6 is 0 Å². The number of allylic oxidation sites excluding steroid dienone is 1. The topological polar surface area (TPSA) is 73.9 Å². The van der Waals surface area contributed by atoms with Gasteiger partial charge in [-0.1, -0.05) is 65.5 Å². The van der Waals surface area contributed by atoms with Gasteiger partial charge in [0.15, 0.2) is 0 Å². The van der Waals surface area contributed by atoms with E-state index < -0.39 is 5.92 Å². The van der Waals surface area contributed by atoms with Crippen LogP contribution in [0, 0.1) is 80.8 Å². The van der Waals surface area contributed by atoms with Crippen molar-refractivity contribution >= 4 is 5.97 Å². The predicted octanol–water partition coefficient (Wildman–Crippen LogP) is 7.85. The van der Waals surface area contributed by atoms with Crippen molar-refractivity contribution in [2.75, 3.05) is 0 Å². The zero-order valence-corrected chi connectivity index (χ0v) is 23.6. The molecule has 198 valence electrons. The summed E-state index contributed by atoms with van der Waals surface area (Å²) in [5.41, 5.74) is 1.75. The molecule has 4 aliphatic carbocycles. The van der Waals surface area contributed by atoms with Crippen LogP contribution in [0.2, 0.25) is 0 Å². The lowest BCUT2D eigenvalue weighted by Gasteiger charge is -2.60. The van der Waals surface area contributed by atoms with Crippen LogP contribution in [0.15, 0.2) is 11.6 Å². The summed E-state index contributed by atoms with van der Waals surface area (Å²) in [6.07, 6.45) is 13.9. The normalized spacial score (nSPS) is 40.3. The van der Waals surface area contributed by atoms with Crippen LogP contribution in [-0.2, 0) is 9.53 Å². The SMILES string of the molecule is CC(=O)O[C@H]1CC[C@@]2(C)C(=C[C@@H](C(C#N)C#N)[C@H]3[C@@H]4CC[C@H]([C@H](C)CCCC(C)C)[C@@]4(C)CC[C@@H]32)C1. The molecule has 9 atom stereocenters. The number of hydrogen-bond donors (Lipinski definition) is 0. The maximum atomic E-state index is 11.7. The zero-order chi connectivity index (χ0) is 26.3. The van der Waals surface area contributed by atoms with E-state index in [0.29, 0.717) is 23.2 Å². The summed E-state index contributed by atoms with van der Waals surface area (Å²) >= 11 is 0. The van der Waals surface area contributed by atoms with Gasteiger partial charge in [-0.25, -0.2) is 0 Å². The maximum absolute atomic E-state index is 11.7. The summed E-state index contributed by atoms with van der Waals surface area (Å²) in [6.45, 7) is 13.6. The molecule has 36 heavy (non-hydrogen) atoms. The number of hydrogen-bond acceptors (Lipinski definition) is 4. The van der Waals surface area contributed by atoms with Gasteiger partial charge in [0.25, 0.3) is 0 Å². The van der Waals surface area contributed by atoms with E-state index in [1.165, 1.54) is 57.4 Å². The van der Waals surface area contributed by atoms with E-state index in [2.05, 4.69) is 52.8 Å². The molecule has 0 aliphatic heterocycles. The monoisotopic (exact) mass is 492 g/mol. The van der Waals surface area contributed by atoms with Crippen molar-refractivity contribution in [1.82, 2.24) is 0 Å². The van der Waals surface area contributed by atoms with Crippen LogP contribution in [0.1, 0.15) is 106 Å². The Hall–Kier alpha value is -1.81. The largest absolute Gasteiger partial charge is 0.462 e. The third-order valence-electron chi connectivity index (χ3n) is 11.4. The minimum atomic E-state index is -0.603. The fourth-order valence-corrected chi connectivity index (χ4v) is 9.58. The smallest absolute Gasteiger partial charge is 0.302 e. The number of carbonyl (C=O) groups is 1. The van der Waals surface area contributed by atoms with Gasteiger partial charge in [0.2, 0.25) is 0 Å². The second-order valence-electron chi connectivity index (χ2n) is 13.7. The second-order valence-corrected chi connectivity index (χ2v) is 13.7. The molecule has 0 N–H and O–H groups in total. The molecule has 3 saturated carbocycles. The Morgan fingerprint density at radius 1 is 1.06 bits per heavy atom. The second kappa shape index (κ2) is 10.5. The highest BCUT2D eigenvalue weighted by Crippen LogP contribution is 2.69. The van der Waals surface area contributed by atoms with Gasteiger partial charge in [-0.05, 0) is 84.9 Å². The molecule has 4 nitrogen and oxygen atoms in total. The van der Waals surface area contributed by atoms with Crippen molar-refractivity contribution in [3.8, 4) is 12.1 Å². The Bertz CT molecular complexity index is 927. The fourth-order valence-electron chi connectivity index (χ4n) is 9.58. The summed E-state index contributed by atoms with van der Waals surface area (Å²) in [5, 5.41) is 20.0. The third kappa shape index (κ3) is 4.75. The lowest BCUT2D eigenvalue weighted by Crippen LogP contribution is -2.54. The molecule has 0 unspecified atom stereocenters. The number of nitriles is 2. The Balaban J connectivity index is 1.64. The van der Waals surface area contributed by atoms with Crippen molar-refractivity contribution in [3.05, 3.63) is 11.6 Å². The van der Waals surface area contributed by atoms with Gasteiger partial charge >= 0.3 is 5.97 Å². The molecule has 0 radical (unpaired) electrons. The standard InChI is InChI=1S/C32H48N2O2/c1-20(2)8-7-9-21(3)27-10-11-28-30-26(23(18-33)19-34)17-24-16-25(36-22(4)35)12-14-31(24,5)29(30)13-15-32(27,28)6/h17,20-21,23,25-30H,7-16H2,1-6H3/t21-,25+,26+,27-,28+,29+,30+,31+,32-/m1/s1. The summed E-state index contributed by atoms with van der Waals surface area (Å²) < 4.78 is 5.63. The molecule has 0 aromatic heterocycles. The Labute approximate surface area is 219 Å². The molecule has 4 heteroatoms. The lowest BCUT2D eigenvalue weighted by atomic mass is 9.44. The Morgan fingerprint density at radius 2 is 1.78 bits per heavy atom. The lowest BCUT2D eigenvalue weighted by molar-refractivity contribution is -0.149. The highest BCUT2D eigenvalue weighted by molar-refractivity contribution is 5.66. The first-order chi connectivity index (χ1) is 17.0. The molecule has 0 amide bonds. The number of nitrogens with zero attached hydrogens (tertiary/aromatic N) is 2. The first-order valence-corrected chi connectivity index (χ1v) is 14.7. The van der Waals surface area contributed by atoms with Crippen molar-refractivity contribution in [1.29, 1.82) is 10.5 Å². The molecule has 3 fully saturated rings. The minimum absolute atomic E-state index is 0.0104. The van der Waals surface area contributed by atoms with Crippen LogP contribution in [0.4, 0.5) is 0 Å². The first-order valence-electron chi connectivity index (χ1n) is 14.7. The van der Waals surface area contributed by atoms with Crippen LogP contribution in [-0.4, -0.2) is 12.1 Å². The first kappa shape index (κ1) is 27.2. The van der Waals surface area contributed by atoms with E-state index in [-0.39, 0.29) is 23.4 Å². The summed E-state index contributed by atoms with van der Waals surface area (Å²) in [5.74, 6) is 2.93. The van der Waals surface area contributed by atoms with Crippen LogP contribution in [0.25, 0.3) is 0 Å². The molecule has 0 aromatic rings. The fraction of sp³-hybridized carbons (Fsp3) is 0.844. The third-order valence-corrected chi connectivity index (χ3v) is 11.4. The van der Waals surface area contributed by atoms with E-state index >= 15 is 0 Å². The molecular formula is C32H48N2O2. The van der Waals surface area contributed by atoms with E-state index in [0.717, 1.165) is 37.0 Å². The molecule has 4 rings (SSSR count). The van der Waals surface area contributed by atoms with Crippen LogP contribution in [0.3, 0.4) is 0 Å². The Kier molecular flexibility index (Phi) is 7.95.